The standard InChI is InChI=1S/C18H21N5O2/c1-3-12(2)23-16(10-11-19-23)22-17(24)9-8-15-20-14-7-5-4-6-13(14)18(25)21-15/h4-7,10-12H,3,8-9H2,1-2H3,(H,22,24)(H,20,21,25). The first-order valence-electron chi connectivity index (χ1n) is 8.39. The molecule has 0 aliphatic rings. The second kappa shape index (κ2) is 7.29. The van der Waals surface area contributed by atoms with Gasteiger partial charge in [-0.3, -0.25) is 9.59 Å². The van der Waals surface area contributed by atoms with Gasteiger partial charge in [0.1, 0.15) is 11.6 Å². The highest BCUT2D eigenvalue weighted by Gasteiger charge is 2.12. The van der Waals surface area contributed by atoms with Gasteiger partial charge in [-0.15, -0.1) is 0 Å². The number of nitrogens with one attached hydrogen (secondary N) is 2. The van der Waals surface area contributed by atoms with E-state index in [4.69, 9.17) is 0 Å². The maximum atomic E-state index is 12.2. The minimum absolute atomic E-state index is 0.138. The van der Waals surface area contributed by atoms with Crippen molar-refractivity contribution in [1.82, 2.24) is 19.7 Å². The van der Waals surface area contributed by atoms with Gasteiger partial charge in [-0.1, -0.05) is 19.1 Å². The first-order chi connectivity index (χ1) is 12.1. The molecule has 1 atom stereocenters. The normalized spacial score (nSPS) is 12.2. The van der Waals surface area contributed by atoms with Crippen molar-refractivity contribution in [1.29, 1.82) is 0 Å². The first kappa shape index (κ1) is 16.9. The molecule has 3 rings (SSSR count). The summed E-state index contributed by atoms with van der Waals surface area (Å²) >= 11 is 0. The van der Waals surface area contributed by atoms with E-state index in [1.807, 2.05) is 13.0 Å². The summed E-state index contributed by atoms with van der Waals surface area (Å²) in [6.45, 7) is 4.12. The zero-order valence-corrected chi connectivity index (χ0v) is 14.3. The van der Waals surface area contributed by atoms with Gasteiger partial charge in [0.15, 0.2) is 0 Å². The van der Waals surface area contributed by atoms with E-state index in [2.05, 4.69) is 27.3 Å². The molecule has 7 nitrogen and oxygen atoms in total. The first-order valence-corrected chi connectivity index (χ1v) is 8.39. The van der Waals surface area contributed by atoms with E-state index < -0.39 is 0 Å². The molecule has 0 radical (unpaired) electrons. The third-order valence-electron chi connectivity index (χ3n) is 4.20. The molecule has 7 heteroatoms. The number of carbonyl (C=O) groups excluding carboxylic acids is 1. The number of rotatable bonds is 6. The zero-order valence-electron chi connectivity index (χ0n) is 14.3. The minimum Gasteiger partial charge on any atom is -0.311 e. The molecule has 25 heavy (non-hydrogen) atoms. The number of aryl methyl sites for hydroxylation is 1. The van der Waals surface area contributed by atoms with Gasteiger partial charge in [0.05, 0.1) is 23.1 Å². The van der Waals surface area contributed by atoms with Crippen molar-refractivity contribution in [3.05, 3.63) is 52.7 Å². The number of para-hydroxylation sites is 1. The second-order valence-electron chi connectivity index (χ2n) is 6.00. The summed E-state index contributed by atoms with van der Waals surface area (Å²) in [4.78, 5) is 31.4. The predicted molar refractivity (Wildman–Crippen MR) is 96.5 cm³/mol. The Labute approximate surface area is 145 Å². The molecule has 3 aromatic rings. The predicted octanol–water partition coefficient (Wildman–Crippen LogP) is 2.66. The quantitative estimate of drug-likeness (QED) is 0.722. The van der Waals surface area contributed by atoms with Gasteiger partial charge in [-0.05, 0) is 25.5 Å². The number of aromatic nitrogens is 4. The van der Waals surface area contributed by atoms with Gasteiger partial charge < -0.3 is 10.3 Å². The van der Waals surface area contributed by atoms with Crippen LogP contribution in [0.1, 0.15) is 38.6 Å². The zero-order chi connectivity index (χ0) is 17.8. The number of nitrogens with zero attached hydrogens (tertiary/aromatic N) is 3. The average Bonchev–Trinajstić information content (AvgIpc) is 3.07. The van der Waals surface area contributed by atoms with Crippen molar-refractivity contribution in [3.8, 4) is 0 Å². The van der Waals surface area contributed by atoms with Gasteiger partial charge in [-0.2, -0.15) is 5.10 Å². The highest BCUT2D eigenvalue weighted by atomic mass is 16.1. The van der Waals surface area contributed by atoms with Crippen molar-refractivity contribution in [3.63, 3.8) is 0 Å². The number of H-pyrrole nitrogens is 1. The second-order valence-corrected chi connectivity index (χ2v) is 6.00. The Morgan fingerprint density at radius 3 is 2.92 bits per heavy atom. The smallest absolute Gasteiger partial charge is 0.258 e. The van der Waals surface area contributed by atoms with Crippen molar-refractivity contribution in [2.75, 3.05) is 5.32 Å². The van der Waals surface area contributed by atoms with E-state index in [1.54, 1.807) is 35.1 Å². The summed E-state index contributed by atoms with van der Waals surface area (Å²) in [5, 5.41) is 7.66. The lowest BCUT2D eigenvalue weighted by molar-refractivity contribution is -0.116. The molecule has 1 aromatic carbocycles. The van der Waals surface area contributed by atoms with Crippen molar-refractivity contribution < 1.29 is 4.79 Å². The topological polar surface area (TPSA) is 92.7 Å². The molecule has 0 fully saturated rings. The summed E-state index contributed by atoms with van der Waals surface area (Å²) in [6.07, 6.45) is 3.19. The molecule has 0 aliphatic carbocycles. The van der Waals surface area contributed by atoms with E-state index >= 15 is 0 Å². The number of amides is 1. The number of carbonyl (C=O) groups is 1. The molecule has 130 valence electrons. The molecule has 1 unspecified atom stereocenters. The fourth-order valence-electron chi connectivity index (χ4n) is 2.63. The van der Waals surface area contributed by atoms with Crippen molar-refractivity contribution >= 4 is 22.6 Å². The molecule has 0 saturated heterocycles. The SMILES string of the molecule is CCC(C)n1nccc1NC(=O)CCc1nc2ccccc2c(=O)[nH]1. The largest absolute Gasteiger partial charge is 0.311 e. The number of benzene rings is 1. The lowest BCUT2D eigenvalue weighted by Crippen LogP contribution is -2.19. The van der Waals surface area contributed by atoms with Crippen LogP contribution in [0.3, 0.4) is 0 Å². The Morgan fingerprint density at radius 1 is 1.32 bits per heavy atom. The number of anilines is 1. The number of hydrogen-bond acceptors (Lipinski definition) is 4. The van der Waals surface area contributed by atoms with Crippen LogP contribution in [0.15, 0.2) is 41.3 Å². The molecule has 1 amide bonds. The summed E-state index contributed by atoms with van der Waals surface area (Å²) < 4.78 is 1.80. The fraction of sp³-hybridized carbons (Fsp3) is 0.333. The van der Waals surface area contributed by atoms with E-state index in [1.165, 1.54) is 0 Å². The van der Waals surface area contributed by atoms with Gasteiger partial charge in [0.2, 0.25) is 5.91 Å². The Balaban J connectivity index is 1.67. The molecule has 0 spiro atoms. The van der Waals surface area contributed by atoms with E-state index in [9.17, 15) is 9.59 Å². The molecular formula is C18H21N5O2. The van der Waals surface area contributed by atoms with E-state index in [0.717, 1.165) is 6.42 Å². The molecule has 0 aliphatic heterocycles. The number of aromatic amines is 1. The Morgan fingerprint density at radius 2 is 2.12 bits per heavy atom. The Kier molecular flexibility index (Phi) is 4.92. The van der Waals surface area contributed by atoms with Gasteiger partial charge in [-0.25, -0.2) is 9.67 Å². The van der Waals surface area contributed by atoms with Crippen LogP contribution in [0.25, 0.3) is 10.9 Å². The van der Waals surface area contributed by atoms with Gasteiger partial charge in [0, 0.05) is 18.9 Å². The summed E-state index contributed by atoms with van der Waals surface area (Å²) in [5.41, 5.74) is 0.451. The summed E-state index contributed by atoms with van der Waals surface area (Å²) in [5.74, 6) is 1.05. The molecular weight excluding hydrogens is 318 g/mol. The molecule has 2 heterocycles. The molecule has 2 N–H and O–H groups in total. The van der Waals surface area contributed by atoms with E-state index in [0.29, 0.717) is 29.0 Å². The molecule has 0 saturated carbocycles. The Bertz CT molecular complexity index is 944. The summed E-state index contributed by atoms with van der Waals surface area (Å²) in [6, 6.07) is 9.14. The number of fused-ring (bicyclic) bond motifs is 1. The lowest BCUT2D eigenvalue weighted by atomic mass is 10.2. The van der Waals surface area contributed by atoms with Crippen LogP contribution in [0, 0.1) is 0 Å². The van der Waals surface area contributed by atoms with Crippen LogP contribution in [-0.2, 0) is 11.2 Å². The van der Waals surface area contributed by atoms with Crippen LogP contribution in [-0.4, -0.2) is 25.7 Å². The third kappa shape index (κ3) is 3.76. The lowest BCUT2D eigenvalue weighted by Gasteiger charge is -2.14. The van der Waals surface area contributed by atoms with Crippen molar-refractivity contribution in [2.24, 2.45) is 0 Å². The third-order valence-corrected chi connectivity index (χ3v) is 4.20. The van der Waals surface area contributed by atoms with Crippen LogP contribution in [0.5, 0.6) is 0 Å². The average molecular weight is 339 g/mol. The Hall–Kier alpha value is -2.96. The van der Waals surface area contributed by atoms with Crippen LogP contribution < -0.4 is 10.9 Å². The van der Waals surface area contributed by atoms with Gasteiger partial charge in [0.25, 0.3) is 5.56 Å². The fourth-order valence-corrected chi connectivity index (χ4v) is 2.63. The van der Waals surface area contributed by atoms with Crippen molar-refractivity contribution in [2.45, 2.75) is 39.2 Å². The van der Waals surface area contributed by atoms with Crippen LogP contribution in [0.2, 0.25) is 0 Å². The monoisotopic (exact) mass is 339 g/mol. The molecule has 2 aromatic heterocycles. The van der Waals surface area contributed by atoms with Gasteiger partial charge >= 0.3 is 0 Å². The maximum Gasteiger partial charge on any atom is 0.258 e. The molecule has 0 bridgehead atoms. The summed E-state index contributed by atoms with van der Waals surface area (Å²) in [7, 11) is 0. The number of hydrogen-bond donors (Lipinski definition) is 2. The van der Waals surface area contributed by atoms with Crippen LogP contribution >= 0.6 is 0 Å². The highest BCUT2D eigenvalue weighted by Crippen LogP contribution is 2.16. The maximum absolute atomic E-state index is 12.2. The van der Waals surface area contributed by atoms with Crippen LogP contribution in [0.4, 0.5) is 5.82 Å². The highest BCUT2D eigenvalue weighted by molar-refractivity contribution is 5.90. The minimum atomic E-state index is -0.184. The van der Waals surface area contributed by atoms with E-state index in [-0.39, 0.29) is 23.9 Å².